The molecule has 0 aliphatic carbocycles. The Hall–Kier alpha value is -7.04. The van der Waals surface area contributed by atoms with Crippen molar-refractivity contribution in [2.24, 2.45) is 0 Å². The molecule has 0 atom stereocenters. The van der Waals surface area contributed by atoms with Gasteiger partial charge in [0.25, 0.3) is 0 Å². The molecule has 0 unspecified atom stereocenters. The average molecular weight is 661 g/mol. The summed E-state index contributed by atoms with van der Waals surface area (Å²) in [5.41, 5.74) is 11.2. The topological polar surface area (TPSA) is 35.1 Å². The van der Waals surface area contributed by atoms with Crippen molar-refractivity contribution in [2.45, 2.75) is 0 Å². The van der Waals surface area contributed by atoms with Crippen LogP contribution in [0.15, 0.2) is 170 Å². The van der Waals surface area contributed by atoms with E-state index in [-0.39, 0.29) is 0 Å². The summed E-state index contributed by atoms with van der Waals surface area (Å²) in [6.07, 6.45) is 0. The van der Waals surface area contributed by atoms with Gasteiger partial charge in [0.2, 0.25) is 5.95 Å². The second-order valence-electron chi connectivity index (χ2n) is 13.8. The maximum Gasteiger partial charge on any atom is 0.235 e. The average Bonchev–Trinajstić information content (AvgIpc) is 3.86. The first-order chi connectivity index (χ1) is 25.8. The van der Waals surface area contributed by atoms with Gasteiger partial charge in [0.1, 0.15) is 0 Å². The molecule has 0 saturated heterocycles. The normalized spacial score (nSPS) is 12.2. The van der Waals surface area contributed by atoms with Crippen molar-refractivity contribution < 1.29 is 0 Å². The molecule has 12 aromatic rings. The maximum atomic E-state index is 5.49. The predicted molar refractivity (Wildman–Crippen MR) is 217 cm³/mol. The molecule has 12 rings (SSSR count). The van der Waals surface area contributed by atoms with E-state index in [0.29, 0.717) is 5.95 Å². The molecule has 0 spiro atoms. The van der Waals surface area contributed by atoms with Gasteiger partial charge in [-0.05, 0) is 52.2 Å². The monoisotopic (exact) mass is 660 g/mol. The van der Waals surface area contributed by atoms with Crippen LogP contribution in [0.25, 0.3) is 110 Å². The molecule has 0 saturated carbocycles. The van der Waals surface area contributed by atoms with Crippen LogP contribution < -0.4 is 0 Å². The number of fused-ring (bicyclic) bond motifs is 13. The summed E-state index contributed by atoms with van der Waals surface area (Å²) < 4.78 is 4.80. The van der Waals surface area contributed by atoms with E-state index in [9.17, 15) is 0 Å². The SMILES string of the molecule is c1ccc(-c2ccc(-c3nc(-n4c5ccccc5c5cc6c7ccccc7n7c8ccc9ccccc9c8c(c54)c67)nc4ccccc34)cc2)cc1. The summed E-state index contributed by atoms with van der Waals surface area (Å²) in [6, 6.07) is 60.9. The van der Waals surface area contributed by atoms with E-state index < -0.39 is 0 Å². The molecule has 4 aromatic heterocycles. The molecule has 0 aliphatic heterocycles. The lowest BCUT2D eigenvalue weighted by Gasteiger charge is -2.13. The van der Waals surface area contributed by atoms with Gasteiger partial charge in [0.15, 0.2) is 0 Å². The Balaban J connectivity index is 1.25. The van der Waals surface area contributed by atoms with E-state index in [1.165, 1.54) is 70.8 Å². The van der Waals surface area contributed by atoms with Gasteiger partial charge in [-0.1, -0.05) is 140 Å². The van der Waals surface area contributed by atoms with Crippen LogP contribution in [0, 0.1) is 0 Å². The van der Waals surface area contributed by atoms with Crippen LogP contribution in [0.1, 0.15) is 0 Å². The third kappa shape index (κ3) is 3.65. The smallest absolute Gasteiger partial charge is 0.235 e. The second kappa shape index (κ2) is 10.3. The van der Waals surface area contributed by atoms with E-state index in [4.69, 9.17) is 9.97 Å². The first-order valence-corrected chi connectivity index (χ1v) is 17.8. The molecule has 4 heterocycles. The van der Waals surface area contributed by atoms with Gasteiger partial charge in [-0.15, -0.1) is 0 Å². The molecule has 0 radical (unpaired) electrons. The summed E-state index contributed by atoms with van der Waals surface area (Å²) in [5, 5.41) is 10.9. The standard InChI is InChI=1S/C48H28N4/c1-2-12-29(13-3-1)30-22-24-32(25-23-30)45-36-18-6-9-19-39(36)49-48(50-45)52-41-21-11-8-17-35(41)38-28-37-34-16-7-10-20-40(34)51-42-27-26-31-14-4-5-15-33(31)43(42)44(46(37)51)47(38)52/h1-28H. The van der Waals surface area contributed by atoms with Crippen LogP contribution in [0.4, 0.5) is 0 Å². The van der Waals surface area contributed by atoms with Crippen molar-refractivity contribution in [3.8, 4) is 28.3 Å². The van der Waals surface area contributed by atoms with E-state index in [1.807, 2.05) is 0 Å². The zero-order chi connectivity index (χ0) is 33.9. The number of hydrogen-bond donors (Lipinski definition) is 0. The molecule has 0 aliphatic rings. The van der Waals surface area contributed by atoms with Gasteiger partial charge in [-0.2, -0.15) is 0 Å². The molecule has 240 valence electrons. The van der Waals surface area contributed by atoms with Gasteiger partial charge in [-0.3, -0.25) is 4.57 Å². The maximum absolute atomic E-state index is 5.49. The molecule has 4 nitrogen and oxygen atoms in total. The van der Waals surface area contributed by atoms with Crippen molar-refractivity contribution in [2.75, 3.05) is 0 Å². The molecule has 0 fully saturated rings. The van der Waals surface area contributed by atoms with Crippen molar-refractivity contribution >= 4 is 81.6 Å². The molecular formula is C48H28N4. The van der Waals surface area contributed by atoms with Gasteiger partial charge in [0.05, 0.1) is 38.8 Å². The van der Waals surface area contributed by atoms with E-state index in [2.05, 4.69) is 179 Å². The Labute approximate surface area is 297 Å². The number of aromatic nitrogens is 4. The minimum absolute atomic E-state index is 0.666. The third-order valence-electron chi connectivity index (χ3n) is 11.0. The molecule has 52 heavy (non-hydrogen) atoms. The largest absolute Gasteiger partial charge is 0.308 e. The van der Waals surface area contributed by atoms with Gasteiger partial charge >= 0.3 is 0 Å². The number of hydrogen-bond acceptors (Lipinski definition) is 2. The van der Waals surface area contributed by atoms with E-state index in [0.717, 1.165) is 33.2 Å². The molecule has 4 heteroatoms. The Morgan fingerprint density at radius 2 is 0.981 bits per heavy atom. The third-order valence-corrected chi connectivity index (χ3v) is 11.0. The number of para-hydroxylation sites is 3. The first-order valence-electron chi connectivity index (χ1n) is 17.8. The lowest BCUT2D eigenvalue weighted by Crippen LogP contribution is -2.03. The van der Waals surface area contributed by atoms with Crippen molar-refractivity contribution in [1.82, 2.24) is 18.9 Å². The summed E-state index contributed by atoms with van der Waals surface area (Å²) in [7, 11) is 0. The highest BCUT2D eigenvalue weighted by Gasteiger charge is 2.26. The fraction of sp³-hybridized carbons (Fsp3) is 0. The number of benzene rings is 8. The van der Waals surface area contributed by atoms with Crippen LogP contribution in [0.3, 0.4) is 0 Å². The highest BCUT2D eigenvalue weighted by atomic mass is 15.2. The zero-order valence-corrected chi connectivity index (χ0v) is 28.0. The fourth-order valence-electron chi connectivity index (χ4n) is 8.81. The Morgan fingerprint density at radius 3 is 1.81 bits per heavy atom. The summed E-state index contributed by atoms with van der Waals surface area (Å²) in [5.74, 6) is 0.666. The Bertz CT molecular complexity index is 3390. The second-order valence-corrected chi connectivity index (χ2v) is 13.8. The quantitative estimate of drug-likeness (QED) is 0.189. The predicted octanol–water partition coefficient (Wildman–Crippen LogP) is 12.4. The number of rotatable bonds is 3. The Kier molecular flexibility index (Phi) is 5.47. The van der Waals surface area contributed by atoms with Gasteiger partial charge in [-0.25, -0.2) is 9.97 Å². The minimum Gasteiger partial charge on any atom is -0.308 e. The summed E-state index contributed by atoms with van der Waals surface area (Å²) in [4.78, 5) is 10.8. The van der Waals surface area contributed by atoms with Gasteiger partial charge < -0.3 is 4.40 Å². The summed E-state index contributed by atoms with van der Waals surface area (Å²) in [6.45, 7) is 0. The van der Waals surface area contributed by atoms with Crippen LogP contribution in [0.5, 0.6) is 0 Å². The lowest BCUT2D eigenvalue weighted by atomic mass is 9.99. The van der Waals surface area contributed by atoms with E-state index in [1.54, 1.807) is 0 Å². The fourth-order valence-corrected chi connectivity index (χ4v) is 8.81. The molecule has 0 amide bonds. The van der Waals surface area contributed by atoms with Gasteiger partial charge in [0, 0.05) is 43.3 Å². The Morgan fingerprint density at radius 1 is 0.365 bits per heavy atom. The molecule has 0 bridgehead atoms. The molecule has 8 aromatic carbocycles. The highest BCUT2D eigenvalue weighted by molar-refractivity contribution is 6.37. The van der Waals surface area contributed by atoms with Crippen LogP contribution in [-0.2, 0) is 0 Å². The van der Waals surface area contributed by atoms with Crippen LogP contribution in [0.2, 0.25) is 0 Å². The zero-order valence-electron chi connectivity index (χ0n) is 28.0. The minimum atomic E-state index is 0.666. The molecule has 0 N–H and O–H groups in total. The van der Waals surface area contributed by atoms with Crippen LogP contribution >= 0.6 is 0 Å². The van der Waals surface area contributed by atoms with Crippen molar-refractivity contribution in [3.63, 3.8) is 0 Å². The number of nitrogens with zero attached hydrogens (tertiary/aromatic N) is 4. The van der Waals surface area contributed by atoms with E-state index >= 15 is 0 Å². The summed E-state index contributed by atoms with van der Waals surface area (Å²) >= 11 is 0. The lowest BCUT2D eigenvalue weighted by molar-refractivity contribution is 1.02. The van der Waals surface area contributed by atoms with Crippen molar-refractivity contribution in [1.29, 1.82) is 0 Å². The molecular weight excluding hydrogens is 633 g/mol. The van der Waals surface area contributed by atoms with Crippen molar-refractivity contribution in [3.05, 3.63) is 170 Å². The first kappa shape index (κ1) is 27.7. The van der Waals surface area contributed by atoms with Crippen LogP contribution in [-0.4, -0.2) is 18.9 Å². The highest BCUT2D eigenvalue weighted by Crippen LogP contribution is 2.48.